The number of hydrogen-bond acceptors (Lipinski definition) is 6. The normalized spacial score (nSPS) is 10.2. The third kappa shape index (κ3) is 4.43. The second-order valence-electron chi connectivity index (χ2n) is 4.38. The number of esters is 1. The maximum atomic E-state index is 12.1. The van der Waals surface area contributed by atoms with Crippen molar-refractivity contribution < 1.29 is 19.1 Å². The van der Waals surface area contributed by atoms with Crippen LogP contribution < -0.4 is 10.1 Å². The van der Waals surface area contributed by atoms with Crippen LogP contribution in [0.2, 0.25) is 5.02 Å². The summed E-state index contributed by atoms with van der Waals surface area (Å²) in [6, 6.07) is 4.77. The Balaban J connectivity index is 1.96. The highest BCUT2D eigenvalue weighted by Gasteiger charge is 2.13. The second-order valence-corrected chi connectivity index (χ2v) is 5.73. The predicted octanol–water partition coefficient (Wildman–Crippen LogP) is 2.91. The highest BCUT2D eigenvalue weighted by molar-refractivity contribution is 7.09. The molecule has 2 aromatic rings. The number of carbonyl (C=O) groups excluding carboxylic acids is 2. The smallest absolute Gasteiger partial charge is 0.357 e. The van der Waals surface area contributed by atoms with Gasteiger partial charge in [-0.05, 0) is 25.1 Å². The van der Waals surface area contributed by atoms with Gasteiger partial charge in [0.2, 0.25) is 0 Å². The average Bonchev–Trinajstić information content (AvgIpc) is 3.02. The van der Waals surface area contributed by atoms with Gasteiger partial charge in [0, 0.05) is 10.9 Å². The van der Waals surface area contributed by atoms with Gasteiger partial charge in [-0.3, -0.25) is 4.79 Å². The highest BCUT2D eigenvalue weighted by Crippen LogP contribution is 2.24. The van der Waals surface area contributed by atoms with Gasteiger partial charge in [0.1, 0.15) is 10.8 Å². The predicted molar refractivity (Wildman–Crippen MR) is 87.2 cm³/mol. The molecule has 6 nitrogen and oxygen atoms in total. The minimum atomic E-state index is -0.469. The molecule has 23 heavy (non-hydrogen) atoms. The van der Waals surface area contributed by atoms with Gasteiger partial charge >= 0.3 is 5.97 Å². The van der Waals surface area contributed by atoms with Crippen molar-refractivity contribution in [1.82, 2.24) is 10.3 Å². The molecule has 0 saturated heterocycles. The lowest BCUT2D eigenvalue weighted by molar-refractivity contribution is 0.0520. The molecule has 1 aromatic heterocycles. The van der Waals surface area contributed by atoms with Gasteiger partial charge in [-0.25, -0.2) is 9.78 Å². The molecule has 0 aliphatic carbocycles. The minimum absolute atomic E-state index is 0.215. The minimum Gasteiger partial charge on any atom is -0.495 e. The van der Waals surface area contributed by atoms with E-state index in [0.29, 0.717) is 28.0 Å². The van der Waals surface area contributed by atoms with E-state index in [1.54, 1.807) is 24.4 Å². The summed E-state index contributed by atoms with van der Waals surface area (Å²) in [6.45, 7) is 2.23. The Kier molecular flexibility index (Phi) is 5.95. The highest BCUT2D eigenvalue weighted by atomic mass is 35.5. The first kappa shape index (κ1) is 17.2. The van der Waals surface area contributed by atoms with Crippen LogP contribution >= 0.6 is 22.9 Å². The lowest BCUT2D eigenvalue weighted by Crippen LogP contribution is -2.22. The third-order valence-electron chi connectivity index (χ3n) is 2.85. The molecule has 0 atom stereocenters. The van der Waals surface area contributed by atoms with Crippen molar-refractivity contribution >= 4 is 34.8 Å². The van der Waals surface area contributed by atoms with E-state index in [9.17, 15) is 9.59 Å². The number of hydrogen-bond donors (Lipinski definition) is 1. The fraction of sp³-hybridized carbons (Fsp3) is 0.267. The first-order chi connectivity index (χ1) is 11.0. The number of nitrogens with zero attached hydrogens (tertiary/aromatic N) is 1. The van der Waals surface area contributed by atoms with Crippen molar-refractivity contribution in [2.75, 3.05) is 13.7 Å². The number of benzene rings is 1. The quantitative estimate of drug-likeness (QED) is 0.807. The maximum absolute atomic E-state index is 12.1. The van der Waals surface area contributed by atoms with Gasteiger partial charge < -0.3 is 14.8 Å². The van der Waals surface area contributed by atoms with Gasteiger partial charge in [0.25, 0.3) is 5.91 Å². The van der Waals surface area contributed by atoms with E-state index >= 15 is 0 Å². The zero-order valence-electron chi connectivity index (χ0n) is 12.6. The van der Waals surface area contributed by atoms with Crippen LogP contribution in [0.25, 0.3) is 0 Å². The van der Waals surface area contributed by atoms with Crippen LogP contribution in [0.4, 0.5) is 0 Å². The molecule has 0 spiro atoms. The molecular weight excluding hydrogens is 340 g/mol. The largest absolute Gasteiger partial charge is 0.495 e. The number of aromatic nitrogens is 1. The first-order valence-corrected chi connectivity index (χ1v) is 8.04. The molecule has 0 bridgehead atoms. The summed E-state index contributed by atoms with van der Waals surface area (Å²) < 4.78 is 9.90. The lowest BCUT2D eigenvalue weighted by Gasteiger charge is -2.06. The van der Waals surface area contributed by atoms with Gasteiger partial charge in [0.05, 0.1) is 25.3 Å². The maximum Gasteiger partial charge on any atom is 0.357 e. The molecule has 8 heteroatoms. The summed E-state index contributed by atoms with van der Waals surface area (Å²) in [4.78, 5) is 27.7. The zero-order chi connectivity index (χ0) is 16.8. The molecule has 1 heterocycles. The van der Waals surface area contributed by atoms with Crippen molar-refractivity contribution in [3.05, 3.63) is 44.9 Å². The van der Waals surface area contributed by atoms with Crippen LogP contribution in [0.3, 0.4) is 0 Å². The summed E-state index contributed by atoms with van der Waals surface area (Å²) in [5, 5.41) is 5.29. The molecule has 0 aliphatic rings. The molecule has 0 saturated carbocycles. The fourth-order valence-electron chi connectivity index (χ4n) is 1.76. The summed E-state index contributed by atoms with van der Waals surface area (Å²) in [7, 11) is 1.50. The van der Waals surface area contributed by atoms with Crippen LogP contribution in [0.5, 0.6) is 5.75 Å². The number of halogens is 1. The van der Waals surface area contributed by atoms with Crippen molar-refractivity contribution in [2.45, 2.75) is 13.5 Å². The Morgan fingerprint density at radius 3 is 2.83 bits per heavy atom. The van der Waals surface area contributed by atoms with E-state index in [1.807, 2.05) is 0 Å². The van der Waals surface area contributed by atoms with Crippen molar-refractivity contribution in [3.8, 4) is 5.75 Å². The van der Waals surface area contributed by atoms with Crippen LogP contribution in [0.1, 0.15) is 32.8 Å². The van der Waals surface area contributed by atoms with Gasteiger partial charge in [-0.15, -0.1) is 11.3 Å². The fourth-order valence-corrected chi connectivity index (χ4v) is 2.72. The zero-order valence-corrected chi connectivity index (χ0v) is 14.2. The van der Waals surface area contributed by atoms with Gasteiger partial charge in [-0.2, -0.15) is 0 Å². The number of amides is 1. The monoisotopic (exact) mass is 354 g/mol. The number of carbonyl (C=O) groups is 2. The number of nitrogens with one attached hydrogen (secondary N) is 1. The number of methoxy groups -OCH3 is 1. The van der Waals surface area contributed by atoms with Crippen LogP contribution in [0.15, 0.2) is 23.6 Å². The molecule has 1 N–H and O–H groups in total. The Bertz CT molecular complexity index is 717. The molecule has 1 amide bonds. The van der Waals surface area contributed by atoms with E-state index in [2.05, 4.69) is 10.3 Å². The third-order valence-corrected chi connectivity index (χ3v) is 3.99. The molecule has 0 radical (unpaired) electrons. The Morgan fingerprint density at radius 1 is 1.39 bits per heavy atom. The summed E-state index contributed by atoms with van der Waals surface area (Å²) in [5.74, 6) is -0.257. The number of thiazole rings is 1. The Labute approximate surface area is 142 Å². The summed E-state index contributed by atoms with van der Waals surface area (Å²) >= 11 is 7.27. The lowest BCUT2D eigenvalue weighted by atomic mass is 10.2. The Morgan fingerprint density at radius 2 is 2.17 bits per heavy atom. The molecular formula is C15H15ClN2O4S. The molecule has 0 fully saturated rings. The molecule has 0 aliphatic heterocycles. The summed E-state index contributed by atoms with van der Waals surface area (Å²) in [5.41, 5.74) is 0.659. The van der Waals surface area contributed by atoms with E-state index in [4.69, 9.17) is 21.1 Å². The number of ether oxygens (including phenoxy) is 2. The van der Waals surface area contributed by atoms with E-state index < -0.39 is 5.97 Å². The number of rotatable bonds is 6. The van der Waals surface area contributed by atoms with E-state index in [1.165, 1.54) is 24.5 Å². The second kappa shape index (κ2) is 7.94. The standard InChI is InChI=1S/C15H15ClN2O4S/c1-3-22-15(20)11-8-23-13(18-11)7-17-14(19)9-4-5-12(21-2)10(16)6-9/h4-6,8H,3,7H2,1-2H3,(H,17,19). The first-order valence-electron chi connectivity index (χ1n) is 6.78. The SMILES string of the molecule is CCOC(=O)c1csc(CNC(=O)c2ccc(OC)c(Cl)c2)n1. The van der Waals surface area contributed by atoms with Crippen LogP contribution in [0, 0.1) is 0 Å². The molecule has 2 rings (SSSR count). The molecule has 0 unspecified atom stereocenters. The van der Waals surface area contributed by atoms with Crippen LogP contribution in [-0.4, -0.2) is 30.6 Å². The van der Waals surface area contributed by atoms with Crippen molar-refractivity contribution in [2.24, 2.45) is 0 Å². The summed E-state index contributed by atoms with van der Waals surface area (Å²) in [6.07, 6.45) is 0. The van der Waals surface area contributed by atoms with E-state index in [0.717, 1.165) is 0 Å². The van der Waals surface area contributed by atoms with Crippen molar-refractivity contribution in [3.63, 3.8) is 0 Å². The Hall–Kier alpha value is -2.12. The van der Waals surface area contributed by atoms with Gasteiger partial charge in [-0.1, -0.05) is 11.6 Å². The van der Waals surface area contributed by atoms with Crippen molar-refractivity contribution in [1.29, 1.82) is 0 Å². The molecule has 122 valence electrons. The molecule has 1 aromatic carbocycles. The average molecular weight is 355 g/mol. The topological polar surface area (TPSA) is 77.5 Å². The van der Waals surface area contributed by atoms with Crippen LogP contribution in [-0.2, 0) is 11.3 Å². The van der Waals surface area contributed by atoms with Gasteiger partial charge in [0.15, 0.2) is 5.69 Å². The van der Waals surface area contributed by atoms with E-state index in [-0.39, 0.29) is 18.1 Å².